The number of rotatable bonds is 5. The molecule has 3 rings (SSSR count). The van der Waals surface area contributed by atoms with Crippen LogP contribution < -0.4 is 5.32 Å². The molecule has 29 heavy (non-hydrogen) atoms. The van der Waals surface area contributed by atoms with Crippen LogP contribution in [0.15, 0.2) is 47.4 Å². The van der Waals surface area contributed by atoms with Crippen LogP contribution >= 0.6 is 23.2 Å². The van der Waals surface area contributed by atoms with Gasteiger partial charge in [0.25, 0.3) is 0 Å². The standard InChI is InChI=1S/C21H24Cl2N2O3S/c1-14(2)15-5-8-18(9-6-15)24-21(26)16-4-3-11-25(13-16)29(27,28)20-12-17(22)7-10-19(20)23/h5-10,12,14,16H,3-4,11,13H2,1-2H3,(H,24,26). The number of nitrogens with zero attached hydrogens (tertiary/aromatic N) is 1. The van der Waals surface area contributed by atoms with E-state index < -0.39 is 15.9 Å². The first kappa shape index (κ1) is 22.1. The molecule has 1 fully saturated rings. The van der Waals surface area contributed by atoms with Gasteiger partial charge >= 0.3 is 0 Å². The van der Waals surface area contributed by atoms with Crippen LogP contribution in [0.2, 0.25) is 10.0 Å². The van der Waals surface area contributed by atoms with Crippen molar-refractivity contribution in [2.45, 2.75) is 37.5 Å². The Balaban J connectivity index is 1.72. The Morgan fingerprint density at radius 2 is 1.83 bits per heavy atom. The van der Waals surface area contributed by atoms with Crippen molar-refractivity contribution < 1.29 is 13.2 Å². The van der Waals surface area contributed by atoms with Gasteiger partial charge in [-0.3, -0.25) is 4.79 Å². The Labute approximate surface area is 182 Å². The molecule has 0 aliphatic carbocycles. The number of benzene rings is 2. The minimum absolute atomic E-state index is 0.0306. The zero-order valence-electron chi connectivity index (χ0n) is 16.4. The average Bonchev–Trinajstić information content (AvgIpc) is 2.70. The van der Waals surface area contributed by atoms with Gasteiger partial charge in [0.05, 0.1) is 10.9 Å². The van der Waals surface area contributed by atoms with E-state index in [0.717, 1.165) is 0 Å². The molecule has 1 amide bonds. The quantitative estimate of drug-likeness (QED) is 0.678. The highest BCUT2D eigenvalue weighted by Crippen LogP contribution is 2.30. The molecule has 0 aromatic heterocycles. The number of hydrogen-bond donors (Lipinski definition) is 1. The summed E-state index contributed by atoms with van der Waals surface area (Å²) in [6, 6.07) is 12.1. The van der Waals surface area contributed by atoms with Gasteiger partial charge in [-0.1, -0.05) is 49.2 Å². The van der Waals surface area contributed by atoms with Crippen molar-refractivity contribution in [3.63, 3.8) is 0 Å². The second-order valence-corrected chi connectivity index (χ2v) is 10.3. The maximum absolute atomic E-state index is 13.0. The first-order valence-electron chi connectivity index (χ1n) is 9.54. The van der Waals surface area contributed by atoms with E-state index >= 15 is 0 Å². The Kier molecular flexibility index (Phi) is 6.89. The van der Waals surface area contributed by atoms with Crippen LogP contribution in [0.25, 0.3) is 0 Å². The van der Waals surface area contributed by atoms with Crippen LogP contribution in [0.5, 0.6) is 0 Å². The lowest BCUT2D eigenvalue weighted by atomic mass is 9.98. The maximum atomic E-state index is 13.0. The molecule has 156 valence electrons. The summed E-state index contributed by atoms with van der Waals surface area (Å²) in [5.74, 6) is -0.198. The van der Waals surface area contributed by atoms with Crippen LogP contribution in [-0.4, -0.2) is 31.7 Å². The second-order valence-electron chi connectivity index (χ2n) is 7.54. The van der Waals surface area contributed by atoms with E-state index in [1.807, 2.05) is 24.3 Å². The smallest absolute Gasteiger partial charge is 0.244 e. The van der Waals surface area contributed by atoms with Crippen molar-refractivity contribution in [1.29, 1.82) is 0 Å². The molecule has 1 atom stereocenters. The summed E-state index contributed by atoms with van der Waals surface area (Å²) >= 11 is 12.1. The minimum atomic E-state index is -3.83. The Morgan fingerprint density at radius 3 is 2.48 bits per heavy atom. The van der Waals surface area contributed by atoms with E-state index in [1.165, 1.54) is 22.0 Å². The van der Waals surface area contributed by atoms with Crippen molar-refractivity contribution in [2.75, 3.05) is 18.4 Å². The van der Waals surface area contributed by atoms with Crippen LogP contribution in [0.3, 0.4) is 0 Å². The summed E-state index contributed by atoms with van der Waals surface area (Å²) in [4.78, 5) is 12.7. The summed E-state index contributed by atoms with van der Waals surface area (Å²) in [6.07, 6.45) is 1.23. The number of piperidine rings is 1. The number of carbonyl (C=O) groups is 1. The molecule has 2 aromatic carbocycles. The van der Waals surface area contributed by atoms with E-state index in [0.29, 0.717) is 36.0 Å². The second kappa shape index (κ2) is 9.04. The highest BCUT2D eigenvalue weighted by molar-refractivity contribution is 7.89. The average molecular weight is 455 g/mol. The van der Waals surface area contributed by atoms with Gasteiger partial charge in [-0.2, -0.15) is 4.31 Å². The summed E-state index contributed by atoms with van der Waals surface area (Å²) < 4.78 is 27.4. The van der Waals surface area contributed by atoms with E-state index in [4.69, 9.17) is 23.2 Å². The molecule has 0 radical (unpaired) electrons. The van der Waals surface area contributed by atoms with E-state index in [2.05, 4.69) is 19.2 Å². The lowest BCUT2D eigenvalue weighted by Crippen LogP contribution is -2.43. The fourth-order valence-electron chi connectivity index (χ4n) is 3.38. The topological polar surface area (TPSA) is 66.5 Å². The number of anilines is 1. The summed E-state index contributed by atoms with van der Waals surface area (Å²) in [7, 11) is -3.83. The zero-order valence-corrected chi connectivity index (χ0v) is 18.7. The predicted molar refractivity (Wildman–Crippen MR) is 117 cm³/mol. The molecule has 0 spiro atoms. The molecule has 8 heteroatoms. The SMILES string of the molecule is CC(C)c1ccc(NC(=O)C2CCCN(S(=O)(=O)c3cc(Cl)ccc3Cl)C2)cc1. The van der Waals surface area contributed by atoms with Crippen LogP contribution in [0, 0.1) is 5.92 Å². The Morgan fingerprint density at radius 1 is 1.14 bits per heavy atom. The highest BCUT2D eigenvalue weighted by Gasteiger charge is 2.34. The molecular weight excluding hydrogens is 431 g/mol. The molecule has 1 N–H and O–H groups in total. The van der Waals surface area contributed by atoms with Gasteiger partial charge in [-0.15, -0.1) is 0 Å². The van der Waals surface area contributed by atoms with Gasteiger partial charge in [0.15, 0.2) is 0 Å². The molecule has 1 saturated heterocycles. The normalized spacial score (nSPS) is 18.0. The van der Waals surface area contributed by atoms with Crippen molar-refractivity contribution >= 4 is 44.8 Å². The molecule has 1 aliphatic rings. The van der Waals surface area contributed by atoms with E-state index in [1.54, 1.807) is 6.07 Å². The number of hydrogen-bond acceptors (Lipinski definition) is 3. The molecule has 1 unspecified atom stereocenters. The van der Waals surface area contributed by atoms with Gasteiger partial charge < -0.3 is 5.32 Å². The summed E-state index contributed by atoms with van der Waals surface area (Å²) in [5.41, 5.74) is 1.90. The fraction of sp³-hybridized carbons (Fsp3) is 0.381. The third kappa shape index (κ3) is 5.12. The van der Waals surface area contributed by atoms with Gasteiger partial charge in [0, 0.05) is 23.8 Å². The maximum Gasteiger partial charge on any atom is 0.244 e. The van der Waals surface area contributed by atoms with Crippen molar-refractivity contribution in [3.05, 3.63) is 58.1 Å². The minimum Gasteiger partial charge on any atom is -0.326 e. The summed E-state index contributed by atoms with van der Waals surface area (Å²) in [6.45, 7) is 4.67. The number of halogens is 2. The van der Waals surface area contributed by atoms with Crippen LogP contribution in [0.1, 0.15) is 38.2 Å². The van der Waals surface area contributed by atoms with Crippen molar-refractivity contribution in [1.82, 2.24) is 4.31 Å². The first-order chi connectivity index (χ1) is 13.7. The zero-order chi connectivity index (χ0) is 21.2. The fourth-order valence-corrected chi connectivity index (χ4v) is 5.65. The number of sulfonamides is 1. The van der Waals surface area contributed by atoms with Gasteiger partial charge in [0.2, 0.25) is 15.9 Å². The number of amides is 1. The molecular formula is C21H24Cl2N2O3S. The largest absolute Gasteiger partial charge is 0.326 e. The Hall–Kier alpha value is -1.60. The van der Waals surface area contributed by atoms with Crippen LogP contribution in [-0.2, 0) is 14.8 Å². The van der Waals surface area contributed by atoms with Gasteiger partial charge in [0.1, 0.15) is 4.90 Å². The van der Waals surface area contributed by atoms with E-state index in [9.17, 15) is 13.2 Å². The summed E-state index contributed by atoms with van der Waals surface area (Å²) in [5, 5.41) is 3.31. The lowest BCUT2D eigenvalue weighted by molar-refractivity contribution is -0.120. The van der Waals surface area contributed by atoms with Crippen molar-refractivity contribution in [2.24, 2.45) is 5.92 Å². The lowest BCUT2D eigenvalue weighted by Gasteiger charge is -2.31. The molecule has 0 saturated carbocycles. The van der Waals surface area contributed by atoms with Gasteiger partial charge in [-0.25, -0.2) is 8.42 Å². The number of nitrogens with one attached hydrogen (secondary N) is 1. The highest BCUT2D eigenvalue weighted by atomic mass is 35.5. The monoisotopic (exact) mass is 454 g/mol. The molecule has 5 nitrogen and oxygen atoms in total. The predicted octanol–water partition coefficient (Wildman–Crippen LogP) is 5.16. The Bertz CT molecular complexity index is 991. The van der Waals surface area contributed by atoms with Crippen LogP contribution in [0.4, 0.5) is 5.69 Å². The molecule has 0 bridgehead atoms. The third-order valence-electron chi connectivity index (χ3n) is 5.11. The molecule has 2 aromatic rings. The van der Waals surface area contributed by atoms with E-state index in [-0.39, 0.29) is 22.4 Å². The van der Waals surface area contributed by atoms with Gasteiger partial charge in [-0.05, 0) is 54.7 Å². The number of carbonyl (C=O) groups excluding carboxylic acids is 1. The third-order valence-corrected chi connectivity index (χ3v) is 7.69. The first-order valence-corrected chi connectivity index (χ1v) is 11.7. The molecule has 1 aliphatic heterocycles. The van der Waals surface area contributed by atoms with Crippen molar-refractivity contribution in [3.8, 4) is 0 Å². The molecule has 1 heterocycles.